The van der Waals surface area contributed by atoms with E-state index in [4.69, 9.17) is 0 Å². The monoisotopic (exact) mass is 255 g/mol. The summed E-state index contributed by atoms with van der Waals surface area (Å²) >= 11 is 0. The lowest BCUT2D eigenvalue weighted by Crippen LogP contribution is -2.36. The number of aromatic nitrogens is 2. The number of carbonyl (C=O) groups excluding carboxylic acids is 1. The van der Waals surface area contributed by atoms with Gasteiger partial charge in [0.25, 0.3) is 0 Å². The number of rotatable bonds is 5. The van der Waals surface area contributed by atoms with E-state index in [1.165, 1.54) is 11.7 Å². The van der Waals surface area contributed by atoms with Gasteiger partial charge in [0.05, 0.1) is 4.92 Å². The number of nitrogens with one attached hydrogen (secondary N) is 2. The Morgan fingerprint density at radius 3 is 2.67 bits per heavy atom. The number of nitro groups is 1. The van der Waals surface area contributed by atoms with Gasteiger partial charge in [-0.3, -0.25) is 14.9 Å². The van der Waals surface area contributed by atoms with E-state index in [-0.39, 0.29) is 17.4 Å². The predicted octanol–water partition coefficient (Wildman–Crippen LogP) is 0.666. The first-order chi connectivity index (χ1) is 8.42. The molecule has 18 heavy (non-hydrogen) atoms. The molecule has 0 bridgehead atoms. The summed E-state index contributed by atoms with van der Waals surface area (Å²) in [4.78, 5) is 21.9. The Bertz CT molecular complexity index is 468. The fourth-order valence-corrected chi connectivity index (χ4v) is 1.65. The molecule has 1 amide bonds. The topological polar surface area (TPSA) is 102 Å². The van der Waals surface area contributed by atoms with Gasteiger partial charge in [-0.15, -0.1) is 0 Å². The Morgan fingerprint density at radius 2 is 2.22 bits per heavy atom. The van der Waals surface area contributed by atoms with Gasteiger partial charge in [0.15, 0.2) is 0 Å². The van der Waals surface area contributed by atoms with Crippen LogP contribution in [-0.4, -0.2) is 33.7 Å². The average molecular weight is 255 g/mol. The van der Waals surface area contributed by atoms with E-state index in [1.807, 2.05) is 6.92 Å². The maximum Gasteiger partial charge on any atom is 0.333 e. The zero-order chi connectivity index (χ0) is 13.9. The molecular weight excluding hydrogens is 238 g/mol. The van der Waals surface area contributed by atoms with E-state index in [9.17, 15) is 14.9 Å². The molecule has 0 spiro atoms. The van der Waals surface area contributed by atoms with Crippen LogP contribution >= 0.6 is 0 Å². The third-order valence-electron chi connectivity index (χ3n) is 2.57. The van der Waals surface area contributed by atoms with Gasteiger partial charge in [-0.2, -0.15) is 5.10 Å². The summed E-state index contributed by atoms with van der Waals surface area (Å²) in [6.07, 6.45) is 0. The molecule has 0 aliphatic carbocycles. The summed E-state index contributed by atoms with van der Waals surface area (Å²) in [5, 5.41) is 20.4. The molecule has 0 saturated heterocycles. The highest BCUT2D eigenvalue weighted by atomic mass is 16.6. The van der Waals surface area contributed by atoms with Crippen LogP contribution in [0.15, 0.2) is 0 Å². The van der Waals surface area contributed by atoms with Crippen LogP contribution in [0.2, 0.25) is 0 Å². The molecule has 1 atom stereocenters. The molecule has 0 aliphatic rings. The highest BCUT2D eigenvalue weighted by molar-refractivity contribution is 5.84. The summed E-state index contributed by atoms with van der Waals surface area (Å²) in [6, 6.07) is -0.574. The molecule has 0 radical (unpaired) electrons. The third kappa shape index (κ3) is 2.58. The van der Waals surface area contributed by atoms with Crippen LogP contribution < -0.4 is 10.6 Å². The van der Waals surface area contributed by atoms with Crippen molar-refractivity contribution < 1.29 is 9.72 Å². The van der Waals surface area contributed by atoms with Crippen molar-refractivity contribution >= 4 is 17.4 Å². The van der Waals surface area contributed by atoms with Crippen LogP contribution in [0.25, 0.3) is 0 Å². The quantitative estimate of drug-likeness (QED) is 0.594. The van der Waals surface area contributed by atoms with E-state index in [0.29, 0.717) is 12.2 Å². The summed E-state index contributed by atoms with van der Waals surface area (Å²) < 4.78 is 1.48. The molecule has 0 saturated carbocycles. The summed E-state index contributed by atoms with van der Waals surface area (Å²) in [5.74, 6) is 0.0157. The molecule has 100 valence electrons. The number of likely N-dealkylation sites (N-methyl/N-ethyl adjacent to an activating group) is 1. The van der Waals surface area contributed by atoms with Gasteiger partial charge in [-0.05, 0) is 20.8 Å². The zero-order valence-corrected chi connectivity index (χ0v) is 10.9. The van der Waals surface area contributed by atoms with E-state index in [1.54, 1.807) is 13.8 Å². The van der Waals surface area contributed by atoms with Gasteiger partial charge in [-0.1, -0.05) is 0 Å². The van der Waals surface area contributed by atoms with Crippen molar-refractivity contribution in [3.05, 3.63) is 15.8 Å². The number of nitrogens with zero attached hydrogens (tertiary/aromatic N) is 3. The highest BCUT2D eigenvalue weighted by Gasteiger charge is 2.27. The summed E-state index contributed by atoms with van der Waals surface area (Å²) in [7, 11) is 1.51. The standard InChI is InChI=1S/C10H17N5O3/c1-5-14-9(12-7(3)10(16)11-4)8(15(17)18)6(2)13-14/h7,12H,5H2,1-4H3,(H,11,16). The third-order valence-corrected chi connectivity index (χ3v) is 2.57. The SMILES string of the molecule is CCn1nc(C)c([N+](=O)[O-])c1NC(C)C(=O)NC. The van der Waals surface area contributed by atoms with Crippen molar-refractivity contribution in [2.45, 2.75) is 33.4 Å². The van der Waals surface area contributed by atoms with Gasteiger partial charge >= 0.3 is 5.69 Å². The van der Waals surface area contributed by atoms with Crippen LogP contribution in [-0.2, 0) is 11.3 Å². The Balaban J connectivity index is 3.13. The normalized spacial score (nSPS) is 12.0. The molecule has 0 aromatic carbocycles. The fraction of sp³-hybridized carbons (Fsp3) is 0.600. The largest absolute Gasteiger partial charge is 0.357 e. The minimum absolute atomic E-state index is 0.0902. The minimum Gasteiger partial charge on any atom is -0.357 e. The molecule has 8 heteroatoms. The van der Waals surface area contributed by atoms with Crippen molar-refractivity contribution in [2.75, 3.05) is 12.4 Å². The van der Waals surface area contributed by atoms with Crippen molar-refractivity contribution in [3.8, 4) is 0 Å². The second kappa shape index (κ2) is 5.48. The lowest BCUT2D eigenvalue weighted by atomic mass is 10.3. The van der Waals surface area contributed by atoms with Gasteiger partial charge in [-0.25, -0.2) is 4.68 Å². The summed E-state index contributed by atoms with van der Waals surface area (Å²) in [5.41, 5.74) is 0.237. The van der Waals surface area contributed by atoms with Crippen molar-refractivity contribution in [1.82, 2.24) is 15.1 Å². The van der Waals surface area contributed by atoms with Gasteiger partial charge < -0.3 is 10.6 Å². The Morgan fingerprint density at radius 1 is 1.61 bits per heavy atom. The average Bonchev–Trinajstić information content (AvgIpc) is 2.64. The lowest BCUT2D eigenvalue weighted by molar-refractivity contribution is -0.384. The summed E-state index contributed by atoms with van der Waals surface area (Å²) in [6.45, 7) is 5.51. The molecular formula is C10H17N5O3. The highest BCUT2D eigenvalue weighted by Crippen LogP contribution is 2.28. The second-order valence-electron chi connectivity index (χ2n) is 3.84. The first-order valence-corrected chi connectivity index (χ1v) is 5.62. The van der Waals surface area contributed by atoms with Gasteiger partial charge in [0.1, 0.15) is 11.7 Å². The van der Waals surface area contributed by atoms with Crippen LogP contribution in [0.4, 0.5) is 11.5 Å². The number of hydrogen-bond acceptors (Lipinski definition) is 5. The van der Waals surface area contributed by atoms with Gasteiger partial charge in [0, 0.05) is 13.6 Å². The Hall–Kier alpha value is -2.12. The van der Waals surface area contributed by atoms with E-state index in [2.05, 4.69) is 15.7 Å². The van der Waals surface area contributed by atoms with Crippen molar-refractivity contribution in [1.29, 1.82) is 0 Å². The van der Waals surface area contributed by atoms with E-state index in [0.717, 1.165) is 0 Å². The number of carbonyl (C=O) groups is 1. The van der Waals surface area contributed by atoms with Gasteiger partial charge in [0.2, 0.25) is 11.7 Å². The van der Waals surface area contributed by atoms with E-state index >= 15 is 0 Å². The molecule has 1 aromatic rings. The van der Waals surface area contributed by atoms with E-state index < -0.39 is 11.0 Å². The molecule has 0 fully saturated rings. The Labute approximate surface area is 105 Å². The maximum atomic E-state index is 11.4. The Kier molecular flexibility index (Phi) is 4.24. The molecule has 2 N–H and O–H groups in total. The molecule has 0 aliphatic heterocycles. The number of hydrogen-bond donors (Lipinski definition) is 2. The maximum absolute atomic E-state index is 11.4. The first kappa shape index (κ1) is 13.9. The molecule has 1 heterocycles. The zero-order valence-electron chi connectivity index (χ0n) is 10.9. The minimum atomic E-state index is -0.574. The lowest BCUT2D eigenvalue weighted by Gasteiger charge is -2.13. The smallest absolute Gasteiger partial charge is 0.333 e. The molecule has 1 aromatic heterocycles. The van der Waals surface area contributed by atoms with Crippen molar-refractivity contribution in [2.24, 2.45) is 0 Å². The molecule has 1 rings (SSSR count). The van der Waals surface area contributed by atoms with Crippen LogP contribution in [0.1, 0.15) is 19.5 Å². The van der Waals surface area contributed by atoms with Crippen LogP contribution in [0, 0.1) is 17.0 Å². The molecule has 8 nitrogen and oxygen atoms in total. The predicted molar refractivity (Wildman–Crippen MR) is 66.4 cm³/mol. The van der Waals surface area contributed by atoms with Crippen LogP contribution in [0.3, 0.4) is 0 Å². The number of aryl methyl sites for hydroxylation is 2. The molecule has 1 unspecified atom stereocenters. The second-order valence-corrected chi connectivity index (χ2v) is 3.84. The number of amides is 1. The fourth-order valence-electron chi connectivity index (χ4n) is 1.65. The van der Waals surface area contributed by atoms with Crippen molar-refractivity contribution in [3.63, 3.8) is 0 Å². The first-order valence-electron chi connectivity index (χ1n) is 5.62. The number of anilines is 1. The van der Waals surface area contributed by atoms with Crippen LogP contribution in [0.5, 0.6) is 0 Å².